The Morgan fingerprint density at radius 2 is 1.84 bits per heavy atom. The van der Waals surface area contributed by atoms with Crippen molar-refractivity contribution in [1.82, 2.24) is 24.9 Å². The molecule has 9 heteroatoms. The number of fused-ring (bicyclic) bond motifs is 1. The largest absolute Gasteiger partial charge is 0.382 e. The van der Waals surface area contributed by atoms with E-state index in [4.69, 9.17) is 4.74 Å². The van der Waals surface area contributed by atoms with E-state index < -0.39 is 11.9 Å². The summed E-state index contributed by atoms with van der Waals surface area (Å²) in [6, 6.07) is 6.35. The first-order chi connectivity index (χ1) is 15.6. The van der Waals surface area contributed by atoms with Crippen LogP contribution >= 0.6 is 0 Å². The molecule has 8 nitrogen and oxygen atoms in total. The molecule has 0 bridgehead atoms. The second-order valence-corrected chi connectivity index (χ2v) is 7.55. The number of anilines is 1. The van der Waals surface area contributed by atoms with Gasteiger partial charge in [0, 0.05) is 31.0 Å². The van der Waals surface area contributed by atoms with Crippen LogP contribution in [0.5, 0.6) is 0 Å². The molecule has 0 spiro atoms. The summed E-state index contributed by atoms with van der Waals surface area (Å²) < 4.78 is 20.3. The summed E-state index contributed by atoms with van der Waals surface area (Å²) in [5.74, 6) is -0.462. The lowest BCUT2D eigenvalue weighted by Gasteiger charge is -2.28. The molecule has 1 saturated heterocycles. The molecule has 5 rings (SSSR count). The Morgan fingerprint density at radius 1 is 1.03 bits per heavy atom. The summed E-state index contributed by atoms with van der Waals surface area (Å²) >= 11 is 0. The third kappa shape index (κ3) is 3.76. The maximum absolute atomic E-state index is 14.9. The van der Waals surface area contributed by atoms with Crippen molar-refractivity contribution < 1.29 is 14.2 Å². The van der Waals surface area contributed by atoms with Crippen LogP contribution in [-0.2, 0) is 4.74 Å². The third-order valence-electron chi connectivity index (χ3n) is 5.58. The van der Waals surface area contributed by atoms with Gasteiger partial charge in [0.25, 0.3) is 0 Å². The number of aryl methyl sites for hydroxylation is 1. The molecule has 1 fully saturated rings. The van der Waals surface area contributed by atoms with Crippen molar-refractivity contribution in [2.24, 2.45) is 0 Å². The van der Waals surface area contributed by atoms with Gasteiger partial charge in [-0.2, -0.15) is 0 Å². The van der Waals surface area contributed by atoms with Gasteiger partial charge < -0.3 is 14.7 Å². The number of aliphatic hydroxyl groups excluding tert-OH is 1. The topological polar surface area (TPSA) is 97.2 Å². The molecule has 0 saturated carbocycles. The molecular formula is C23H21FN6O2. The lowest BCUT2D eigenvalue weighted by atomic mass is 10.00. The van der Waals surface area contributed by atoms with E-state index in [0.29, 0.717) is 46.9 Å². The minimum Gasteiger partial charge on any atom is -0.382 e. The van der Waals surface area contributed by atoms with Crippen LogP contribution in [0, 0.1) is 12.7 Å². The molecule has 3 aromatic heterocycles. The molecule has 0 amide bonds. The van der Waals surface area contributed by atoms with Gasteiger partial charge in [-0.05, 0) is 30.7 Å². The van der Waals surface area contributed by atoms with Gasteiger partial charge in [-0.1, -0.05) is 6.07 Å². The van der Waals surface area contributed by atoms with Crippen molar-refractivity contribution >= 4 is 16.7 Å². The smallest absolute Gasteiger partial charge is 0.132 e. The van der Waals surface area contributed by atoms with Gasteiger partial charge in [0.2, 0.25) is 0 Å². The highest BCUT2D eigenvalue weighted by molar-refractivity contribution is 5.90. The molecule has 32 heavy (non-hydrogen) atoms. The number of ether oxygens (including phenoxy) is 1. The molecular weight excluding hydrogens is 411 g/mol. The fourth-order valence-electron chi connectivity index (χ4n) is 3.86. The van der Waals surface area contributed by atoms with Crippen LogP contribution in [0.1, 0.15) is 23.1 Å². The first-order valence-electron chi connectivity index (χ1n) is 10.3. The minimum absolute atomic E-state index is 0.238. The number of morpholine rings is 1. The fourth-order valence-corrected chi connectivity index (χ4v) is 3.86. The van der Waals surface area contributed by atoms with Crippen molar-refractivity contribution in [2.45, 2.75) is 13.0 Å². The molecule has 1 unspecified atom stereocenters. The maximum Gasteiger partial charge on any atom is 0.132 e. The van der Waals surface area contributed by atoms with Gasteiger partial charge in [0.05, 0.1) is 42.0 Å². The van der Waals surface area contributed by atoms with Gasteiger partial charge in [-0.25, -0.2) is 14.4 Å². The van der Waals surface area contributed by atoms with E-state index >= 15 is 0 Å². The molecule has 0 aliphatic carbocycles. The van der Waals surface area contributed by atoms with E-state index in [1.54, 1.807) is 25.4 Å². The van der Waals surface area contributed by atoms with Gasteiger partial charge in [0.1, 0.15) is 29.5 Å². The third-order valence-corrected chi connectivity index (χ3v) is 5.58. The monoisotopic (exact) mass is 432 g/mol. The molecule has 4 aromatic rings. The Bertz CT molecular complexity index is 1280. The zero-order valence-electron chi connectivity index (χ0n) is 17.4. The summed E-state index contributed by atoms with van der Waals surface area (Å²) in [7, 11) is 0. The summed E-state index contributed by atoms with van der Waals surface area (Å²) in [6.45, 7) is 4.66. The number of hydrogen-bond donors (Lipinski definition) is 1. The highest BCUT2D eigenvalue weighted by atomic mass is 19.1. The quantitative estimate of drug-likeness (QED) is 0.526. The Balaban J connectivity index is 1.56. The summed E-state index contributed by atoms with van der Waals surface area (Å²) in [6.07, 6.45) is 5.18. The average molecular weight is 432 g/mol. The average Bonchev–Trinajstić information content (AvgIpc) is 2.84. The van der Waals surface area contributed by atoms with Crippen LogP contribution in [-0.4, -0.2) is 56.3 Å². The summed E-state index contributed by atoms with van der Waals surface area (Å²) in [4.78, 5) is 23.8. The van der Waals surface area contributed by atoms with E-state index in [2.05, 4.69) is 29.8 Å². The zero-order valence-corrected chi connectivity index (χ0v) is 17.4. The van der Waals surface area contributed by atoms with Gasteiger partial charge >= 0.3 is 0 Å². The van der Waals surface area contributed by atoms with Gasteiger partial charge in [0.15, 0.2) is 0 Å². The van der Waals surface area contributed by atoms with E-state index in [0.717, 1.165) is 18.8 Å². The Kier molecular flexibility index (Phi) is 5.42. The van der Waals surface area contributed by atoms with Crippen LogP contribution in [0.25, 0.3) is 22.3 Å². The van der Waals surface area contributed by atoms with E-state index in [1.807, 2.05) is 6.07 Å². The van der Waals surface area contributed by atoms with E-state index in [9.17, 15) is 9.50 Å². The molecule has 4 heterocycles. The number of aliphatic hydroxyl groups is 1. The molecule has 1 N–H and O–H groups in total. The Labute approximate surface area is 183 Å². The van der Waals surface area contributed by atoms with E-state index in [-0.39, 0.29) is 5.56 Å². The lowest BCUT2D eigenvalue weighted by molar-refractivity contribution is 0.122. The van der Waals surface area contributed by atoms with Gasteiger partial charge in [-0.15, -0.1) is 0 Å². The van der Waals surface area contributed by atoms with Crippen molar-refractivity contribution in [2.75, 3.05) is 31.2 Å². The van der Waals surface area contributed by atoms with Crippen LogP contribution < -0.4 is 4.90 Å². The second kappa shape index (κ2) is 8.52. The molecule has 1 atom stereocenters. The SMILES string of the molecule is Cc1nccnc1C(O)c1ccc(F)c(-c2ncnc3cc(N4CCOCC4)cnc23)c1. The van der Waals surface area contributed by atoms with Crippen LogP contribution in [0.3, 0.4) is 0 Å². The second-order valence-electron chi connectivity index (χ2n) is 7.55. The van der Waals surface area contributed by atoms with Crippen molar-refractivity contribution in [3.63, 3.8) is 0 Å². The molecule has 162 valence electrons. The lowest BCUT2D eigenvalue weighted by Crippen LogP contribution is -2.36. The number of nitrogens with zero attached hydrogens (tertiary/aromatic N) is 6. The normalized spacial score (nSPS) is 15.2. The van der Waals surface area contributed by atoms with Crippen LogP contribution in [0.15, 0.2) is 49.2 Å². The molecule has 0 radical (unpaired) electrons. The Hall–Kier alpha value is -3.56. The first kappa shape index (κ1) is 20.3. The predicted molar refractivity (Wildman–Crippen MR) is 117 cm³/mol. The zero-order chi connectivity index (χ0) is 22.1. The molecule has 1 aliphatic rings. The summed E-state index contributed by atoms with van der Waals surface area (Å²) in [5.41, 5.74) is 4.17. The fraction of sp³-hybridized carbons (Fsp3) is 0.261. The highest BCUT2D eigenvalue weighted by Crippen LogP contribution is 2.32. The summed E-state index contributed by atoms with van der Waals surface area (Å²) in [5, 5.41) is 10.8. The first-order valence-corrected chi connectivity index (χ1v) is 10.3. The minimum atomic E-state index is -1.04. The predicted octanol–water partition coefficient (Wildman–Crippen LogP) is 2.85. The number of benzene rings is 1. The van der Waals surface area contributed by atoms with Crippen molar-refractivity contribution in [1.29, 1.82) is 0 Å². The van der Waals surface area contributed by atoms with E-state index in [1.165, 1.54) is 24.7 Å². The number of rotatable bonds is 4. The number of pyridine rings is 1. The van der Waals surface area contributed by atoms with Gasteiger partial charge in [-0.3, -0.25) is 15.0 Å². The molecule has 1 aromatic carbocycles. The number of hydrogen-bond acceptors (Lipinski definition) is 8. The standard InChI is InChI=1S/C23H21FN6O2/c1-14-20(26-5-4-25-14)23(31)15-2-3-18(24)17(10-15)21-22-19(28-13-29-21)11-16(12-27-22)30-6-8-32-9-7-30/h2-5,10-13,23,31H,6-9H2,1H3. The molecule has 1 aliphatic heterocycles. The highest BCUT2D eigenvalue weighted by Gasteiger charge is 2.20. The van der Waals surface area contributed by atoms with Crippen LogP contribution in [0.2, 0.25) is 0 Å². The van der Waals surface area contributed by atoms with Crippen molar-refractivity contribution in [3.05, 3.63) is 72.0 Å². The Morgan fingerprint density at radius 3 is 2.66 bits per heavy atom. The van der Waals surface area contributed by atoms with Crippen molar-refractivity contribution in [3.8, 4) is 11.3 Å². The number of halogens is 1. The maximum atomic E-state index is 14.9. The van der Waals surface area contributed by atoms with Crippen LogP contribution in [0.4, 0.5) is 10.1 Å². The number of aromatic nitrogens is 5.